The second-order valence-corrected chi connectivity index (χ2v) is 7.77. The monoisotopic (exact) mass is 408 g/mol. The first-order chi connectivity index (χ1) is 13.3. The van der Waals surface area contributed by atoms with Crippen LogP contribution in [0.5, 0.6) is 11.6 Å². The Kier molecular flexibility index (Phi) is 8.17. The molecule has 2 aromatic rings. The van der Waals surface area contributed by atoms with E-state index >= 15 is 0 Å². The minimum Gasteiger partial charge on any atom is -0.438 e. The van der Waals surface area contributed by atoms with Crippen LogP contribution >= 0.6 is 11.8 Å². The van der Waals surface area contributed by atoms with E-state index < -0.39 is 6.43 Å². The molecule has 28 heavy (non-hydrogen) atoms. The van der Waals surface area contributed by atoms with Gasteiger partial charge in [-0.05, 0) is 37.5 Å². The number of aromatic nitrogens is 2. The molecule has 0 radical (unpaired) electrons. The van der Waals surface area contributed by atoms with Crippen LogP contribution in [-0.4, -0.2) is 40.6 Å². The SMILES string of the molecule is CCN(C)/C=N/c1cc(C(F)F)c(Oc2ccnc(SCC(C)C)n2)cc1C. The van der Waals surface area contributed by atoms with Gasteiger partial charge in [-0.2, -0.15) is 4.98 Å². The fourth-order valence-electron chi connectivity index (χ4n) is 2.13. The summed E-state index contributed by atoms with van der Waals surface area (Å²) in [5, 5.41) is 0.561. The van der Waals surface area contributed by atoms with Crippen molar-refractivity contribution in [3.8, 4) is 11.6 Å². The third kappa shape index (κ3) is 6.44. The number of aryl methyl sites for hydroxylation is 1. The predicted octanol–water partition coefficient (Wildman–Crippen LogP) is 5.87. The first-order valence-corrected chi connectivity index (χ1v) is 10.1. The fraction of sp³-hybridized carbons (Fsp3) is 0.450. The van der Waals surface area contributed by atoms with Gasteiger partial charge in [0, 0.05) is 31.6 Å². The quantitative estimate of drug-likeness (QED) is 0.225. The Balaban J connectivity index is 2.29. The van der Waals surface area contributed by atoms with Gasteiger partial charge < -0.3 is 9.64 Å². The van der Waals surface area contributed by atoms with Crippen molar-refractivity contribution >= 4 is 23.8 Å². The molecule has 0 atom stereocenters. The maximum Gasteiger partial charge on any atom is 0.267 e. The van der Waals surface area contributed by atoms with E-state index in [4.69, 9.17) is 4.74 Å². The fourth-order valence-corrected chi connectivity index (χ4v) is 2.90. The van der Waals surface area contributed by atoms with Crippen molar-refractivity contribution in [1.29, 1.82) is 0 Å². The smallest absolute Gasteiger partial charge is 0.267 e. The molecule has 2 rings (SSSR count). The predicted molar refractivity (Wildman–Crippen MR) is 110 cm³/mol. The molecule has 0 N–H and O–H groups in total. The van der Waals surface area contributed by atoms with E-state index in [0.717, 1.165) is 17.9 Å². The molecule has 8 heteroatoms. The summed E-state index contributed by atoms with van der Waals surface area (Å²) in [4.78, 5) is 14.7. The van der Waals surface area contributed by atoms with Crippen LogP contribution in [-0.2, 0) is 0 Å². The van der Waals surface area contributed by atoms with E-state index in [0.29, 0.717) is 16.8 Å². The molecule has 1 heterocycles. The maximum atomic E-state index is 13.6. The Bertz CT molecular complexity index is 815. The van der Waals surface area contributed by atoms with Gasteiger partial charge in [0.1, 0.15) is 5.75 Å². The normalized spacial score (nSPS) is 11.6. The molecule has 0 aliphatic rings. The molecule has 0 unspecified atom stereocenters. The molecule has 0 saturated heterocycles. The van der Waals surface area contributed by atoms with Crippen LogP contribution in [0.4, 0.5) is 14.5 Å². The summed E-state index contributed by atoms with van der Waals surface area (Å²) in [5.41, 5.74) is 1.01. The van der Waals surface area contributed by atoms with Gasteiger partial charge >= 0.3 is 0 Å². The number of hydrogen-bond donors (Lipinski definition) is 0. The van der Waals surface area contributed by atoms with Gasteiger partial charge in [-0.25, -0.2) is 18.8 Å². The van der Waals surface area contributed by atoms with Crippen molar-refractivity contribution in [1.82, 2.24) is 14.9 Å². The third-order valence-corrected chi connectivity index (χ3v) is 5.11. The number of rotatable bonds is 9. The van der Waals surface area contributed by atoms with E-state index in [-0.39, 0.29) is 17.2 Å². The highest BCUT2D eigenvalue weighted by Gasteiger charge is 2.18. The number of thioether (sulfide) groups is 1. The average molecular weight is 409 g/mol. The molecule has 0 aliphatic carbocycles. The molecule has 1 aromatic carbocycles. The molecule has 1 aromatic heterocycles. The highest BCUT2D eigenvalue weighted by molar-refractivity contribution is 7.99. The van der Waals surface area contributed by atoms with E-state index in [2.05, 4.69) is 28.8 Å². The van der Waals surface area contributed by atoms with Crippen LogP contribution in [0.25, 0.3) is 0 Å². The van der Waals surface area contributed by atoms with Crippen LogP contribution in [0.3, 0.4) is 0 Å². The van der Waals surface area contributed by atoms with Crippen LogP contribution in [0, 0.1) is 12.8 Å². The van der Waals surface area contributed by atoms with E-state index in [1.54, 1.807) is 24.7 Å². The van der Waals surface area contributed by atoms with Crippen molar-refractivity contribution in [2.45, 2.75) is 39.3 Å². The molecule has 152 valence electrons. The number of alkyl halides is 2. The number of aliphatic imine (C=N–C) groups is 1. The lowest BCUT2D eigenvalue weighted by molar-refractivity contribution is 0.148. The summed E-state index contributed by atoms with van der Waals surface area (Å²) >= 11 is 1.51. The van der Waals surface area contributed by atoms with Crippen molar-refractivity contribution < 1.29 is 13.5 Å². The Morgan fingerprint density at radius 2 is 2.07 bits per heavy atom. The lowest BCUT2D eigenvalue weighted by Gasteiger charge is -2.14. The molecular formula is C20H26F2N4OS. The summed E-state index contributed by atoms with van der Waals surface area (Å²) in [6, 6.07) is 4.50. The van der Waals surface area contributed by atoms with Gasteiger partial charge in [0.05, 0.1) is 17.6 Å². The Hall–Kier alpha value is -2.22. The zero-order valence-corrected chi connectivity index (χ0v) is 17.6. The maximum absolute atomic E-state index is 13.6. The van der Waals surface area contributed by atoms with Crippen molar-refractivity contribution in [3.05, 3.63) is 35.5 Å². The zero-order chi connectivity index (χ0) is 20.7. The number of benzene rings is 1. The number of halogens is 2. The first kappa shape index (κ1) is 22.1. The third-order valence-electron chi connectivity index (χ3n) is 3.82. The van der Waals surface area contributed by atoms with Crippen molar-refractivity contribution in [2.24, 2.45) is 10.9 Å². The minimum absolute atomic E-state index is 0.0776. The Morgan fingerprint density at radius 3 is 2.71 bits per heavy atom. The lowest BCUT2D eigenvalue weighted by Crippen LogP contribution is -2.14. The Morgan fingerprint density at radius 1 is 1.32 bits per heavy atom. The average Bonchev–Trinajstić information content (AvgIpc) is 2.65. The van der Waals surface area contributed by atoms with Crippen LogP contribution < -0.4 is 4.74 Å². The van der Waals surface area contributed by atoms with Gasteiger partial charge in [-0.3, -0.25) is 0 Å². The minimum atomic E-state index is -2.69. The summed E-state index contributed by atoms with van der Waals surface area (Å²) < 4.78 is 32.9. The van der Waals surface area contributed by atoms with Gasteiger partial charge in [0.15, 0.2) is 5.16 Å². The molecule has 0 fully saturated rings. The molecule has 0 spiro atoms. The van der Waals surface area contributed by atoms with E-state index in [1.165, 1.54) is 17.8 Å². The number of nitrogens with zero attached hydrogens (tertiary/aromatic N) is 4. The largest absolute Gasteiger partial charge is 0.438 e. The van der Waals surface area contributed by atoms with Crippen molar-refractivity contribution in [3.63, 3.8) is 0 Å². The summed E-state index contributed by atoms with van der Waals surface area (Å²) in [6.45, 7) is 8.78. The molecule has 0 amide bonds. The summed E-state index contributed by atoms with van der Waals surface area (Å²) in [6.07, 6.45) is 0.505. The summed E-state index contributed by atoms with van der Waals surface area (Å²) in [5.74, 6) is 1.67. The van der Waals surface area contributed by atoms with E-state index in [9.17, 15) is 8.78 Å². The van der Waals surface area contributed by atoms with Gasteiger partial charge in [0.2, 0.25) is 5.88 Å². The van der Waals surface area contributed by atoms with Crippen LogP contribution in [0.2, 0.25) is 0 Å². The standard InChI is InChI=1S/C20H26F2N4OS/c1-6-26(5)12-24-16-10-15(19(21)22)17(9-14(16)4)27-18-7-8-23-20(25-18)28-11-13(2)3/h7-10,12-13,19H,6,11H2,1-5H3/b24-12+. The molecule has 0 saturated carbocycles. The summed E-state index contributed by atoms with van der Waals surface area (Å²) in [7, 11) is 1.87. The van der Waals surface area contributed by atoms with Crippen LogP contribution in [0.1, 0.15) is 38.3 Å². The second kappa shape index (κ2) is 10.4. The number of ether oxygens (including phenoxy) is 1. The highest BCUT2D eigenvalue weighted by Crippen LogP contribution is 2.37. The highest BCUT2D eigenvalue weighted by atomic mass is 32.2. The second-order valence-electron chi connectivity index (χ2n) is 6.78. The van der Waals surface area contributed by atoms with Crippen LogP contribution in [0.15, 0.2) is 34.5 Å². The van der Waals surface area contributed by atoms with Gasteiger partial charge in [-0.15, -0.1) is 0 Å². The Labute approximate surface area is 169 Å². The lowest BCUT2D eigenvalue weighted by atomic mass is 10.1. The topological polar surface area (TPSA) is 50.6 Å². The van der Waals surface area contributed by atoms with Crippen molar-refractivity contribution in [2.75, 3.05) is 19.3 Å². The molecule has 0 aliphatic heterocycles. The molecular weight excluding hydrogens is 382 g/mol. The molecule has 5 nitrogen and oxygen atoms in total. The van der Waals surface area contributed by atoms with Gasteiger partial charge in [0.25, 0.3) is 6.43 Å². The van der Waals surface area contributed by atoms with E-state index in [1.807, 2.05) is 25.8 Å². The van der Waals surface area contributed by atoms with Gasteiger partial charge in [-0.1, -0.05) is 25.6 Å². The first-order valence-electron chi connectivity index (χ1n) is 9.11. The molecule has 0 bridgehead atoms. The zero-order valence-electron chi connectivity index (χ0n) is 16.8. The number of hydrogen-bond acceptors (Lipinski definition) is 5.